The predicted molar refractivity (Wildman–Crippen MR) is 144 cm³/mol. The summed E-state index contributed by atoms with van der Waals surface area (Å²) in [4.78, 5) is 10.1. The Balaban J connectivity index is 1.86. The lowest BCUT2D eigenvalue weighted by Crippen LogP contribution is -2.17. The van der Waals surface area contributed by atoms with Crippen LogP contribution in [0, 0.1) is 6.92 Å². The highest BCUT2D eigenvalue weighted by Crippen LogP contribution is 2.38. The van der Waals surface area contributed by atoms with E-state index in [1.165, 1.54) is 11.3 Å². The zero-order valence-corrected chi connectivity index (χ0v) is 22.3. The molecule has 2 aromatic carbocycles. The van der Waals surface area contributed by atoms with E-state index in [4.69, 9.17) is 4.74 Å². The minimum Gasteiger partial charge on any atom is -0.475 e. The van der Waals surface area contributed by atoms with Crippen molar-refractivity contribution in [1.82, 2.24) is 9.97 Å². The second-order valence-corrected chi connectivity index (χ2v) is 12.0. The Hall–Kier alpha value is -3.27. The monoisotopic (exact) mass is 523 g/mol. The molecule has 7 nitrogen and oxygen atoms in total. The number of nitrogens with one attached hydrogen (secondary N) is 1. The number of aromatic nitrogens is 2. The van der Waals surface area contributed by atoms with E-state index < -0.39 is 10.0 Å². The van der Waals surface area contributed by atoms with Crippen LogP contribution >= 0.6 is 11.3 Å². The number of aliphatic hydroxyl groups excluding tert-OH is 1. The number of hydrogen-bond donors (Lipinski definition) is 2. The van der Waals surface area contributed by atoms with Crippen LogP contribution in [0.1, 0.15) is 31.9 Å². The lowest BCUT2D eigenvalue weighted by atomic mass is 9.87. The van der Waals surface area contributed by atoms with Crippen LogP contribution in [-0.4, -0.2) is 36.7 Å². The maximum absolute atomic E-state index is 13.5. The number of sulfonamides is 1. The Morgan fingerprint density at radius 2 is 1.69 bits per heavy atom. The van der Waals surface area contributed by atoms with Gasteiger partial charge in [0.25, 0.3) is 10.0 Å². The van der Waals surface area contributed by atoms with Gasteiger partial charge >= 0.3 is 0 Å². The minimum atomic E-state index is -3.98. The largest absolute Gasteiger partial charge is 0.475 e. The Bertz CT molecular complexity index is 1430. The summed E-state index contributed by atoms with van der Waals surface area (Å²) >= 11 is 1.43. The molecule has 0 unspecified atom stereocenters. The molecule has 0 radical (unpaired) electrons. The third-order valence-corrected chi connectivity index (χ3v) is 7.77. The molecular formula is C27H29N3O4S2. The second-order valence-electron chi connectivity index (χ2n) is 9.37. The first-order valence-electron chi connectivity index (χ1n) is 11.5. The number of anilines is 1. The molecule has 188 valence electrons. The average molecular weight is 524 g/mol. The summed E-state index contributed by atoms with van der Waals surface area (Å²) in [5.41, 5.74) is 3.07. The van der Waals surface area contributed by atoms with Crippen LogP contribution in [0.25, 0.3) is 21.8 Å². The van der Waals surface area contributed by atoms with Crippen molar-refractivity contribution in [1.29, 1.82) is 0 Å². The summed E-state index contributed by atoms with van der Waals surface area (Å²) in [6.45, 7) is 7.97. The second kappa shape index (κ2) is 10.4. The normalized spacial score (nSPS) is 11.9. The summed E-state index contributed by atoms with van der Waals surface area (Å²) in [6.07, 6.45) is 0. The highest BCUT2D eigenvalue weighted by molar-refractivity contribution is 7.92. The Kier molecular flexibility index (Phi) is 7.44. The molecule has 4 aromatic rings. The number of thiophene rings is 1. The standard InChI is InChI=1S/C27H29N3O4S2/c1-18-7-9-19(10-8-18)23-25(28-24(22-6-5-17-35-22)29-26(23)34-16-15-31)30-36(32,33)21-13-11-20(12-14-21)27(2,3)4/h5-14,17,31H,15-16H2,1-4H3,(H,28,29,30). The smallest absolute Gasteiger partial charge is 0.263 e. The van der Waals surface area contributed by atoms with E-state index in [1.807, 2.05) is 60.8 Å². The molecule has 0 bridgehead atoms. The topological polar surface area (TPSA) is 101 Å². The van der Waals surface area contributed by atoms with E-state index in [9.17, 15) is 13.5 Å². The van der Waals surface area contributed by atoms with Crippen molar-refractivity contribution >= 4 is 27.2 Å². The predicted octanol–water partition coefficient (Wildman–Crippen LogP) is 5.65. The molecule has 0 fully saturated rings. The van der Waals surface area contributed by atoms with Gasteiger partial charge in [0.2, 0.25) is 5.88 Å². The SMILES string of the molecule is Cc1ccc(-c2c(NS(=O)(=O)c3ccc(C(C)(C)C)cc3)nc(-c3cccs3)nc2OCCO)cc1. The third kappa shape index (κ3) is 5.75. The van der Waals surface area contributed by atoms with Gasteiger partial charge in [0.15, 0.2) is 11.6 Å². The molecular weight excluding hydrogens is 494 g/mol. The van der Waals surface area contributed by atoms with Gasteiger partial charge in [-0.25, -0.2) is 13.4 Å². The van der Waals surface area contributed by atoms with Gasteiger partial charge in [-0.3, -0.25) is 4.72 Å². The van der Waals surface area contributed by atoms with Crippen LogP contribution in [0.3, 0.4) is 0 Å². The molecule has 2 aromatic heterocycles. The van der Waals surface area contributed by atoms with Crippen molar-refractivity contribution in [3.8, 4) is 27.7 Å². The molecule has 0 aliphatic heterocycles. The van der Waals surface area contributed by atoms with E-state index in [-0.39, 0.29) is 35.2 Å². The number of ether oxygens (including phenoxy) is 1. The number of nitrogens with zero attached hydrogens (tertiary/aromatic N) is 2. The van der Waals surface area contributed by atoms with Crippen molar-refractivity contribution < 1.29 is 18.3 Å². The molecule has 0 aliphatic carbocycles. The Labute approximate surface area is 215 Å². The molecule has 2 heterocycles. The maximum Gasteiger partial charge on any atom is 0.263 e. The third-order valence-electron chi connectivity index (χ3n) is 5.55. The van der Waals surface area contributed by atoms with Gasteiger partial charge < -0.3 is 9.84 Å². The van der Waals surface area contributed by atoms with E-state index in [1.54, 1.807) is 12.1 Å². The molecule has 0 atom stereocenters. The Morgan fingerprint density at radius 1 is 1.00 bits per heavy atom. The zero-order chi connectivity index (χ0) is 25.9. The molecule has 0 saturated heterocycles. The fourth-order valence-electron chi connectivity index (χ4n) is 3.58. The lowest BCUT2D eigenvalue weighted by molar-refractivity contribution is 0.197. The molecule has 0 amide bonds. The fraction of sp³-hybridized carbons (Fsp3) is 0.259. The molecule has 9 heteroatoms. The summed E-state index contributed by atoms with van der Waals surface area (Å²) in [5, 5.41) is 11.3. The molecule has 0 aliphatic rings. The van der Waals surface area contributed by atoms with Crippen molar-refractivity contribution in [2.45, 2.75) is 38.0 Å². The maximum atomic E-state index is 13.5. The first-order chi connectivity index (χ1) is 17.1. The van der Waals surface area contributed by atoms with Gasteiger partial charge in [0.05, 0.1) is 21.9 Å². The minimum absolute atomic E-state index is 0.000209. The summed E-state index contributed by atoms with van der Waals surface area (Å²) in [5.74, 6) is 0.617. The summed E-state index contributed by atoms with van der Waals surface area (Å²) < 4.78 is 35.4. The first kappa shape index (κ1) is 25.8. The van der Waals surface area contributed by atoms with Crippen molar-refractivity contribution in [3.05, 3.63) is 77.2 Å². The van der Waals surface area contributed by atoms with Crippen molar-refractivity contribution in [2.24, 2.45) is 0 Å². The highest BCUT2D eigenvalue weighted by atomic mass is 32.2. The van der Waals surface area contributed by atoms with Crippen molar-refractivity contribution in [2.75, 3.05) is 17.9 Å². The number of aryl methyl sites for hydroxylation is 1. The van der Waals surface area contributed by atoms with Crippen LogP contribution < -0.4 is 9.46 Å². The van der Waals surface area contributed by atoms with Crippen LogP contribution in [0.4, 0.5) is 5.82 Å². The lowest BCUT2D eigenvalue weighted by Gasteiger charge is -2.20. The fourth-order valence-corrected chi connectivity index (χ4v) is 5.25. The quantitative estimate of drug-likeness (QED) is 0.309. The van der Waals surface area contributed by atoms with E-state index in [2.05, 4.69) is 35.5 Å². The van der Waals surface area contributed by atoms with E-state index >= 15 is 0 Å². The van der Waals surface area contributed by atoms with Gasteiger partial charge in [-0.1, -0.05) is 68.8 Å². The summed E-state index contributed by atoms with van der Waals surface area (Å²) in [6, 6.07) is 18.1. The van der Waals surface area contributed by atoms with Gasteiger partial charge in [-0.05, 0) is 47.0 Å². The number of hydrogen-bond acceptors (Lipinski definition) is 7. The van der Waals surface area contributed by atoms with Gasteiger partial charge in [-0.2, -0.15) is 4.98 Å². The average Bonchev–Trinajstić information content (AvgIpc) is 3.38. The van der Waals surface area contributed by atoms with Gasteiger partial charge in [-0.15, -0.1) is 11.3 Å². The molecule has 36 heavy (non-hydrogen) atoms. The molecule has 2 N–H and O–H groups in total. The van der Waals surface area contributed by atoms with Crippen LogP contribution in [0.5, 0.6) is 5.88 Å². The Morgan fingerprint density at radius 3 is 2.28 bits per heavy atom. The zero-order valence-electron chi connectivity index (χ0n) is 20.6. The molecule has 0 saturated carbocycles. The molecule has 4 rings (SSSR count). The van der Waals surface area contributed by atoms with Crippen LogP contribution in [-0.2, 0) is 15.4 Å². The molecule has 0 spiro atoms. The van der Waals surface area contributed by atoms with Crippen molar-refractivity contribution in [3.63, 3.8) is 0 Å². The van der Waals surface area contributed by atoms with Crippen LogP contribution in [0.2, 0.25) is 0 Å². The first-order valence-corrected chi connectivity index (χ1v) is 13.8. The number of benzene rings is 2. The number of aliphatic hydroxyl groups is 1. The van der Waals surface area contributed by atoms with Crippen LogP contribution in [0.15, 0.2) is 70.9 Å². The summed E-state index contributed by atoms with van der Waals surface area (Å²) in [7, 11) is -3.98. The van der Waals surface area contributed by atoms with E-state index in [0.29, 0.717) is 17.0 Å². The van der Waals surface area contributed by atoms with E-state index in [0.717, 1.165) is 16.0 Å². The van der Waals surface area contributed by atoms with Gasteiger partial charge in [0, 0.05) is 0 Å². The highest BCUT2D eigenvalue weighted by Gasteiger charge is 2.24. The van der Waals surface area contributed by atoms with Gasteiger partial charge in [0.1, 0.15) is 6.61 Å². The number of rotatable bonds is 8.